The van der Waals surface area contributed by atoms with Crippen LogP contribution in [0.15, 0.2) is 30.3 Å². The molecule has 2 unspecified atom stereocenters. The van der Waals surface area contributed by atoms with E-state index >= 15 is 0 Å². The van der Waals surface area contributed by atoms with Crippen LogP contribution in [0.3, 0.4) is 0 Å². The van der Waals surface area contributed by atoms with Crippen LogP contribution in [0.5, 0.6) is 0 Å². The van der Waals surface area contributed by atoms with Crippen LogP contribution in [-0.4, -0.2) is 37.1 Å². The summed E-state index contributed by atoms with van der Waals surface area (Å²) in [6, 6.07) is 10.4. The van der Waals surface area contributed by atoms with Crippen molar-refractivity contribution in [2.75, 3.05) is 20.2 Å². The molecule has 128 valence electrons. The van der Waals surface area contributed by atoms with Crippen molar-refractivity contribution in [1.82, 2.24) is 4.90 Å². The summed E-state index contributed by atoms with van der Waals surface area (Å²) in [5, 5.41) is 0. The van der Waals surface area contributed by atoms with E-state index in [1.807, 2.05) is 18.0 Å². The average molecular weight is 317 g/mol. The monoisotopic (exact) mass is 317 g/mol. The number of hydrogen-bond donors (Lipinski definition) is 0. The Morgan fingerprint density at radius 3 is 2.61 bits per heavy atom. The predicted octanol–water partition coefficient (Wildman–Crippen LogP) is 4.23. The molecule has 0 saturated carbocycles. The molecule has 1 fully saturated rings. The lowest BCUT2D eigenvalue weighted by atomic mass is 9.85. The molecule has 1 aromatic carbocycles. The Bertz CT molecular complexity index is 466. The molecular formula is C20H31NO2. The summed E-state index contributed by atoms with van der Waals surface area (Å²) in [4.78, 5) is 14.5. The van der Waals surface area contributed by atoms with Crippen LogP contribution < -0.4 is 0 Å². The normalized spacial score (nSPS) is 19.6. The average Bonchev–Trinajstić information content (AvgIpc) is 2.58. The third-order valence-corrected chi connectivity index (χ3v) is 4.91. The van der Waals surface area contributed by atoms with Gasteiger partial charge in [-0.05, 0) is 43.1 Å². The van der Waals surface area contributed by atoms with Gasteiger partial charge < -0.3 is 9.64 Å². The highest BCUT2D eigenvalue weighted by Crippen LogP contribution is 2.28. The van der Waals surface area contributed by atoms with Gasteiger partial charge in [0.25, 0.3) is 0 Å². The van der Waals surface area contributed by atoms with Crippen molar-refractivity contribution in [3.05, 3.63) is 35.9 Å². The molecule has 0 aromatic heterocycles. The van der Waals surface area contributed by atoms with Crippen molar-refractivity contribution >= 4 is 5.91 Å². The molecular weight excluding hydrogens is 286 g/mol. The Labute approximate surface area is 141 Å². The first-order valence-corrected chi connectivity index (χ1v) is 8.98. The maximum absolute atomic E-state index is 12.6. The number of carbonyl (C=O) groups excluding carboxylic acids is 1. The molecule has 1 aromatic rings. The first kappa shape index (κ1) is 18.0. The molecule has 1 aliphatic rings. The van der Waals surface area contributed by atoms with Crippen LogP contribution in [-0.2, 0) is 9.53 Å². The Hall–Kier alpha value is -1.35. The SMILES string of the molecule is CC(C)C(CC(=O)N(C)CCC1CCCCO1)c1ccccc1. The van der Waals surface area contributed by atoms with Gasteiger partial charge in [-0.1, -0.05) is 44.2 Å². The molecule has 1 heterocycles. The summed E-state index contributed by atoms with van der Waals surface area (Å²) < 4.78 is 5.76. The molecule has 0 radical (unpaired) electrons. The zero-order valence-electron chi connectivity index (χ0n) is 14.8. The summed E-state index contributed by atoms with van der Waals surface area (Å²) in [5.41, 5.74) is 1.26. The maximum Gasteiger partial charge on any atom is 0.222 e. The highest BCUT2D eigenvalue weighted by Gasteiger charge is 2.22. The van der Waals surface area contributed by atoms with E-state index in [0.29, 0.717) is 18.4 Å². The van der Waals surface area contributed by atoms with Crippen LogP contribution in [0.2, 0.25) is 0 Å². The molecule has 2 atom stereocenters. The number of ether oxygens (including phenoxy) is 1. The van der Waals surface area contributed by atoms with Crippen LogP contribution in [0.4, 0.5) is 0 Å². The summed E-state index contributed by atoms with van der Waals surface area (Å²) in [7, 11) is 1.92. The number of rotatable bonds is 7. The minimum absolute atomic E-state index is 0.239. The van der Waals surface area contributed by atoms with Crippen LogP contribution in [0, 0.1) is 5.92 Å². The van der Waals surface area contributed by atoms with E-state index in [4.69, 9.17) is 4.74 Å². The molecule has 0 N–H and O–H groups in total. The fourth-order valence-corrected chi connectivity index (χ4v) is 3.28. The highest BCUT2D eigenvalue weighted by molar-refractivity contribution is 5.76. The Balaban J connectivity index is 1.85. The van der Waals surface area contributed by atoms with Crippen molar-refractivity contribution < 1.29 is 9.53 Å². The minimum atomic E-state index is 0.239. The van der Waals surface area contributed by atoms with Crippen molar-refractivity contribution in [1.29, 1.82) is 0 Å². The van der Waals surface area contributed by atoms with Gasteiger partial charge in [0.1, 0.15) is 0 Å². The first-order valence-electron chi connectivity index (χ1n) is 8.98. The molecule has 1 saturated heterocycles. The highest BCUT2D eigenvalue weighted by atomic mass is 16.5. The number of nitrogens with zero attached hydrogens (tertiary/aromatic N) is 1. The molecule has 1 amide bonds. The summed E-state index contributed by atoms with van der Waals surface area (Å²) in [6.07, 6.45) is 5.46. The molecule has 23 heavy (non-hydrogen) atoms. The van der Waals surface area contributed by atoms with Crippen molar-refractivity contribution in [2.24, 2.45) is 5.92 Å². The fourth-order valence-electron chi connectivity index (χ4n) is 3.28. The Kier molecular flexibility index (Phi) is 7.10. The van der Waals surface area contributed by atoms with Crippen molar-refractivity contribution in [3.63, 3.8) is 0 Å². The molecule has 3 nitrogen and oxygen atoms in total. The number of carbonyl (C=O) groups is 1. The van der Waals surface area contributed by atoms with Gasteiger partial charge in [0.15, 0.2) is 0 Å². The summed E-state index contributed by atoms with van der Waals surface area (Å²) >= 11 is 0. The minimum Gasteiger partial charge on any atom is -0.378 e. The van der Waals surface area contributed by atoms with Gasteiger partial charge in [-0.2, -0.15) is 0 Å². The molecule has 1 aliphatic heterocycles. The van der Waals surface area contributed by atoms with Crippen LogP contribution in [0.1, 0.15) is 57.4 Å². The number of hydrogen-bond acceptors (Lipinski definition) is 2. The molecule has 0 aliphatic carbocycles. The first-order chi connectivity index (χ1) is 11.1. The van der Waals surface area contributed by atoms with Gasteiger partial charge in [-0.15, -0.1) is 0 Å². The van der Waals surface area contributed by atoms with Crippen LogP contribution in [0.25, 0.3) is 0 Å². The second-order valence-corrected chi connectivity index (χ2v) is 7.06. The predicted molar refractivity (Wildman–Crippen MR) is 94.5 cm³/mol. The maximum atomic E-state index is 12.6. The van der Waals surface area contributed by atoms with E-state index in [9.17, 15) is 4.79 Å². The van der Waals surface area contributed by atoms with Gasteiger partial charge >= 0.3 is 0 Å². The Morgan fingerprint density at radius 1 is 1.26 bits per heavy atom. The van der Waals surface area contributed by atoms with E-state index in [0.717, 1.165) is 26.0 Å². The van der Waals surface area contributed by atoms with Gasteiger partial charge in [0, 0.05) is 26.6 Å². The lowest BCUT2D eigenvalue weighted by Gasteiger charge is -2.27. The molecule has 3 heteroatoms. The van der Waals surface area contributed by atoms with Gasteiger partial charge in [-0.25, -0.2) is 0 Å². The third-order valence-electron chi connectivity index (χ3n) is 4.91. The van der Waals surface area contributed by atoms with E-state index in [2.05, 4.69) is 38.1 Å². The topological polar surface area (TPSA) is 29.5 Å². The zero-order valence-corrected chi connectivity index (χ0v) is 14.8. The molecule has 0 spiro atoms. The molecule has 0 bridgehead atoms. The summed E-state index contributed by atoms with van der Waals surface area (Å²) in [5.74, 6) is 0.983. The van der Waals surface area contributed by atoms with Crippen molar-refractivity contribution in [3.8, 4) is 0 Å². The van der Waals surface area contributed by atoms with Gasteiger partial charge in [0.05, 0.1) is 6.10 Å². The second kappa shape index (κ2) is 9.07. The van der Waals surface area contributed by atoms with E-state index in [1.54, 1.807) is 0 Å². The smallest absolute Gasteiger partial charge is 0.222 e. The standard InChI is InChI=1S/C20H31NO2/c1-16(2)19(17-9-5-4-6-10-17)15-20(22)21(3)13-12-18-11-7-8-14-23-18/h4-6,9-10,16,18-19H,7-8,11-15H2,1-3H3. The van der Waals surface area contributed by atoms with Crippen LogP contribution >= 0.6 is 0 Å². The van der Waals surface area contributed by atoms with Gasteiger partial charge in [0.2, 0.25) is 5.91 Å². The summed E-state index contributed by atoms with van der Waals surface area (Å²) in [6.45, 7) is 6.07. The van der Waals surface area contributed by atoms with E-state index in [1.165, 1.54) is 18.4 Å². The van der Waals surface area contributed by atoms with Gasteiger partial charge in [-0.3, -0.25) is 4.79 Å². The lowest BCUT2D eigenvalue weighted by Crippen LogP contribution is -2.32. The zero-order chi connectivity index (χ0) is 16.7. The number of amides is 1. The number of benzene rings is 1. The van der Waals surface area contributed by atoms with E-state index < -0.39 is 0 Å². The third kappa shape index (κ3) is 5.65. The Morgan fingerprint density at radius 2 is 2.00 bits per heavy atom. The lowest BCUT2D eigenvalue weighted by molar-refractivity contribution is -0.131. The quantitative estimate of drug-likeness (QED) is 0.753. The fraction of sp³-hybridized carbons (Fsp3) is 0.650. The molecule has 2 rings (SSSR count). The second-order valence-electron chi connectivity index (χ2n) is 7.06. The van der Waals surface area contributed by atoms with E-state index in [-0.39, 0.29) is 11.8 Å². The largest absolute Gasteiger partial charge is 0.378 e. The van der Waals surface area contributed by atoms with Crippen molar-refractivity contribution in [2.45, 2.75) is 58.0 Å².